The largest absolute Gasteiger partial charge is 0.350 e. The van der Waals surface area contributed by atoms with Crippen molar-refractivity contribution in [3.8, 4) is 0 Å². The third-order valence-corrected chi connectivity index (χ3v) is 6.10. The van der Waals surface area contributed by atoms with E-state index >= 15 is 0 Å². The molecule has 0 saturated carbocycles. The average Bonchev–Trinajstić information content (AvgIpc) is 3.32. The number of fused-ring (bicyclic) bond motifs is 1. The molecule has 2 aromatic heterocycles. The van der Waals surface area contributed by atoms with Gasteiger partial charge in [0, 0.05) is 24.4 Å². The molecule has 2 aliphatic rings. The Morgan fingerprint density at radius 3 is 3.20 bits per heavy atom. The number of hydrogen-bond acceptors (Lipinski definition) is 6. The molecule has 0 aromatic carbocycles. The smallest absolute Gasteiger partial charge is 0.273 e. The quantitative estimate of drug-likeness (QED) is 0.808. The van der Waals surface area contributed by atoms with E-state index in [9.17, 15) is 4.79 Å². The first-order valence-electron chi connectivity index (χ1n) is 9.14. The van der Waals surface area contributed by atoms with Crippen molar-refractivity contribution in [3.05, 3.63) is 27.5 Å². The molecule has 4 rings (SSSR count). The fraction of sp³-hybridized carbons (Fsp3) is 0.647. The third-order valence-electron chi connectivity index (χ3n) is 4.88. The maximum absolute atomic E-state index is 12.2. The summed E-state index contributed by atoms with van der Waals surface area (Å²) in [4.78, 5) is 18.3. The lowest BCUT2D eigenvalue weighted by molar-refractivity contribution is 0.0949. The molecule has 3 heterocycles. The van der Waals surface area contributed by atoms with Crippen LogP contribution in [0.15, 0.2) is 6.20 Å². The summed E-state index contributed by atoms with van der Waals surface area (Å²) in [6, 6.07) is 0. The van der Waals surface area contributed by atoms with Gasteiger partial charge in [-0.25, -0.2) is 4.98 Å². The number of piperidine rings is 1. The number of aromatic nitrogens is 4. The highest BCUT2D eigenvalue weighted by Gasteiger charge is 2.18. The van der Waals surface area contributed by atoms with Crippen LogP contribution in [0.1, 0.15) is 45.3 Å². The van der Waals surface area contributed by atoms with Crippen LogP contribution in [0.5, 0.6) is 0 Å². The van der Waals surface area contributed by atoms with E-state index in [1.54, 1.807) is 22.2 Å². The molecule has 7 nitrogen and oxygen atoms in total. The zero-order valence-electron chi connectivity index (χ0n) is 14.3. The highest BCUT2D eigenvalue weighted by Crippen LogP contribution is 2.27. The standard InChI is InChI=1S/C17H24N6OS/c24-17(19-8-6-16-20-13-4-1-5-15(13)25-16)14-11-23(22-21-14)10-12-3-2-7-18-9-12/h11-12,18H,1-10H2,(H,19,24)/t12-/m1/s1. The van der Waals surface area contributed by atoms with Crippen LogP contribution in [0, 0.1) is 5.92 Å². The van der Waals surface area contributed by atoms with Crippen molar-refractivity contribution >= 4 is 17.2 Å². The van der Waals surface area contributed by atoms with Crippen LogP contribution in [0.3, 0.4) is 0 Å². The Morgan fingerprint density at radius 2 is 2.36 bits per heavy atom. The van der Waals surface area contributed by atoms with Gasteiger partial charge < -0.3 is 10.6 Å². The van der Waals surface area contributed by atoms with Gasteiger partial charge in [0.05, 0.1) is 16.9 Å². The Balaban J connectivity index is 1.24. The van der Waals surface area contributed by atoms with Gasteiger partial charge in [-0.1, -0.05) is 5.21 Å². The predicted molar refractivity (Wildman–Crippen MR) is 95.8 cm³/mol. The van der Waals surface area contributed by atoms with Gasteiger partial charge in [-0.05, 0) is 51.1 Å². The van der Waals surface area contributed by atoms with Gasteiger partial charge in [-0.15, -0.1) is 16.4 Å². The fourth-order valence-corrected chi connectivity index (χ4v) is 4.72. The summed E-state index contributed by atoms with van der Waals surface area (Å²) < 4.78 is 1.79. The summed E-state index contributed by atoms with van der Waals surface area (Å²) in [5.74, 6) is 0.412. The molecule has 1 atom stereocenters. The molecule has 0 bridgehead atoms. The number of nitrogens with one attached hydrogen (secondary N) is 2. The highest BCUT2D eigenvalue weighted by molar-refractivity contribution is 7.11. The van der Waals surface area contributed by atoms with Crippen molar-refractivity contribution in [2.45, 2.75) is 45.1 Å². The SMILES string of the molecule is O=C(NCCc1nc2c(s1)CCC2)c1cn(C[C@@H]2CCCNC2)nn1. The van der Waals surface area contributed by atoms with Gasteiger partial charge in [-0.3, -0.25) is 9.48 Å². The minimum Gasteiger partial charge on any atom is -0.350 e. The number of rotatable bonds is 6. The Kier molecular flexibility index (Phi) is 5.07. The van der Waals surface area contributed by atoms with Crippen molar-refractivity contribution in [2.24, 2.45) is 5.92 Å². The maximum atomic E-state index is 12.2. The van der Waals surface area contributed by atoms with Crippen molar-refractivity contribution in [1.82, 2.24) is 30.6 Å². The minimum atomic E-state index is -0.155. The number of carbonyl (C=O) groups excluding carboxylic acids is 1. The van der Waals surface area contributed by atoms with Crippen LogP contribution in [-0.2, 0) is 25.8 Å². The molecule has 1 aliphatic carbocycles. The zero-order chi connectivity index (χ0) is 17.1. The van der Waals surface area contributed by atoms with Gasteiger partial charge in [0.1, 0.15) is 0 Å². The third kappa shape index (κ3) is 4.07. The Hall–Kier alpha value is -1.80. The van der Waals surface area contributed by atoms with E-state index in [1.807, 2.05) is 0 Å². The molecule has 2 aromatic rings. The molecule has 1 saturated heterocycles. The van der Waals surface area contributed by atoms with E-state index in [4.69, 9.17) is 0 Å². The van der Waals surface area contributed by atoms with E-state index < -0.39 is 0 Å². The van der Waals surface area contributed by atoms with Gasteiger partial charge >= 0.3 is 0 Å². The molecule has 0 spiro atoms. The van der Waals surface area contributed by atoms with Crippen LogP contribution < -0.4 is 10.6 Å². The van der Waals surface area contributed by atoms with Gasteiger partial charge in [-0.2, -0.15) is 0 Å². The van der Waals surface area contributed by atoms with Crippen LogP contribution in [-0.4, -0.2) is 45.5 Å². The lowest BCUT2D eigenvalue weighted by atomic mass is 10.00. The first-order chi connectivity index (χ1) is 12.3. The lowest BCUT2D eigenvalue weighted by Crippen LogP contribution is -2.32. The number of carbonyl (C=O) groups is 1. The fourth-order valence-electron chi connectivity index (χ4n) is 3.56. The van der Waals surface area contributed by atoms with Crippen molar-refractivity contribution < 1.29 is 4.79 Å². The topological polar surface area (TPSA) is 84.7 Å². The molecule has 1 amide bonds. The Morgan fingerprint density at radius 1 is 1.40 bits per heavy atom. The molecule has 2 N–H and O–H groups in total. The van der Waals surface area contributed by atoms with Crippen LogP contribution in [0.25, 0.3) is 0 Å². The summed E-state index contributed by atoms with van der Waals surface area (Å²) in [6.45, 7) is 3.52. The molecular formula is C17H24N6OS. The van der Waals surface area contributed by atoms with E-state index in [0.29, 0.717) is 18.2 Å². The first-order valence-corrected chi connectivity index (χ1v) is 9.96. The van der Waals surface area contributed by atoms with E-state index in [0.717, 1.165) is 37.5 Å². The molecule has 0 radical (unpaired) electrons. The molecular weight excluding hydrogens is 336 g/mol. The molecule has 1 aliphatic heterocycles. The highest BCUT2D eigenvalue weighted by atomic mass is 32.1. The summed E-state index contributed by atoms with van der Waals surface area (Å²) in [6.07, 6.45) is 8.45. The van der Waals surface area contributed by atoms with Crippen LogP contribution in [0.2, 0.25) is 0 Å². The molecule has 0 unspecified atom stereocenters. The number of thiazole rings is 1. The second-order valence-electron chi connectivity index (χ2n) is 6.88. The number of hydrogen-bond donors (Lipinski definition) is 2. The molecule has 25 heavy (non-hydrogen) atoms. The molecule has 1 fully saturated rings. The average molecular weight is 360 g/mol. The maximum Gasteiger partial charge on any atom is 0.273 e. The molecule has 8 heteroatoms. The predicted octanol–water partition coefficient (Wildman–Crippen LogP) is 1.20. The Labute approximate surface area is 151 Å². The monoisotopic (exact) mass is 360 g/mol. The summed E-state index contributed by atoms with van der Waals surface area (Å²) in [7, 11) is 0. The van der Waals surface area contributed by atoms with Crippen LogP contribution in [0.4, 0.5) is 0 Å². The second-order valence-corrected chi connectivity index (χ2v) is 8.04. The Bertz CT molecular complexity index is 712. The summed E-state index contributed by atoms with van der Waals surface area (Å²) in [5, 5.41) is 15.6. The minimum absolute atomic E-state index is 0.155. The van der Waals surface area contributed by atoms with Crippen LogP contribution >= 0.6 is 11.3 Å². The number of nitrogens with zero attached hydrogens (tertiary/aromatic N) is 4. The summed E-state index contributed by atoms with van der Waals surface area (Å²) in [5.41, 5.74) is 1.66. The number of amides is 1. The second kappa shape index (κ2) is 7.61. The van der Waals surface area contributed by atoms with E-state index in [1.165, 1.54) is 36.3 Å². The van der Waals surface area contributed by atoms with Gasteiger partial charge in [0.15, 0.2) is 5.69 Å². The number of aryl methyl sites for hydroxylation is 2. The first kappa shape index (κ1) is 16.7. The van der Waals surface area contributed by atoms with E-state index in [-0.39, 0.29) is 5.91 Å². The van der Waals surface area contributed by atoms with Crippen molar-refractivity contribution in [1.29, 1.82) is 0 Å². The van der Waals surface area contributed by atoms with E-state index in [2.05, 4.69) is 25.9 Å². The summed E-state index contributed by atoms with van der Waals surface area (Å²) >= 11 is 1.79. The van der Waals surface area contributed by atoms with Gasteiger partial charge in [0.25, 0.3) is 5.91 Å². The normalized spacial score (nSPS) is 19.8. The zero-order valence-corrected chi connectivity index (χ0v) is 15.1. The lowest BCUT2D eigenvalue weighted by Gasteiger charge is -2.22. The van der Waals surface area contributed by atoms with Gasteiger partial charge in [0.2, 0.25) is 0 Å². The molecule has 134 valence electrons. The van der Waals surface area contributed by atoms with Crippen molar-refractivity contribution in [2.75, 3.05) is 19.6 Å². The van der Waals surface area contributed by atoms with Crippen molar-refractivity contribution in [3.63, 3.8) is 0 Å².